The number of amides is 1. The third-order valence-electron chi connectivity index (χ3n) is 2.82. The molecule has 1 fully saturated rings. The van der Waals surface area contributed by atoms with Crippen LogP contribution in [0.3, 0.4) is 0 Å². The van der Waals surface area contributed by atoms with Gasteiger partial charge in [0.25, 0.3) is 0 Å². The Labute approximate surface area is 105 Å². The minimum absolute atomic E-state index is 0.151. The van der Waals surface area contributed by atoms with Crippen LogP contribution in [-0.4, -0.2) is 21.9 Å². The van der Waals surface area contributed by atoms with Gasteiger partial charge in [-0.1, -0.05) is 26.0 Å². The minimum Gasteiger partial charge on any atom is -0.325 e. The molecule has 1 unspecified atom stereocenters. The quantitative estimate of drug-likeness (QED) is 0.825. The highest BCUT2D eigenvalue weighted by Gasteiger charge is 2.33. The molecule has 17 heavy (non-hydrogen) atoms. The molecule has 0 bridgehead atoms. The molecule has 0 saturated carbocycles. The Balaban J connectivity index is 2.13. The summed E-state index contributed by atoms with van der Waals surface area (Å²) in [7, 11) is 0. The lowest BCUT2D eigenvalue weighted by atomic mass is 10.1. The Kier molecular flexibility index (Phi) is 3.72. The summed E-state index contributed by atoms with van der Waals surface area (Å²) >= 11 is 1.67. The van der Waals surface area contributed by atoms with Crippen molar-refractivity contribution in [2.45, 2.75) is 25.8 Å². The second-order valence-electron chi connectivity index (χ2n) is 4.60. The fourth-order valence-electron chi connectivity index (χ4n) is 2.03. The molecular formula is C13H16FNOS. The van der Waals surface area contributed by atoms with Gasteiger partial charge < -0.3 is 4.90 Å². The molecule has 0 aromatic heterocycles. The molecule has 4 heteroatoms. The molecule has 1 aliphatic heterocycles. The Hall–Kier alpha value is -1.03. The molecule has 0 radical (unpaired) electrons. The van der Waals surface area contributed by atoms with E-state index in [1.807, 2.05) is 11.0 Å². The first kappa shape index (κ1) is 12.4. The normalized spacial score (nSPS) is 20.4. The van der Waals surface area contributed by atoms with E-state index in [9.17, 15) is 9.18 Å². The van der Waals surface area contributed by atoms with E-state index in [2.05, 4.69) is 13.8 Å². The van der Waals surface area contributed by atoms with Crippen molar-refractivity contribution in [3.63, 3.8) is 0 Å². The van der Waals surface area contributed by atoms with Gasteiger partial charge in [-0.3, -0.25) is 4.79 Å². The Morgan fingerprint density at radius 3 is 2.94 bits per heavy atom. The average Bonchev–Trinajstić information content (AvgIpc) is 2.61. The van der Waals surface area contributed by atoms with E-state index in [-0.39, 0.29) is 17.1 Å². The zero-order chi connectivity index (χ0) is 12.4. The number of hydrogen-bond donors (Lipinski definition) is 0. The lowest BCUT2D eigenvalue weighted by molar-refractivity contribution is -0.129. The Morgan fingerprint density at radius 1 is 1.53 bits per heavy atom. The minimum atomic E-state index is -0.247. The second kappa shape index (κ2) is 5.08. The van der Waals surface area contributed by atoms with Gasteiger partial charge in [-0.2, -0.15) is 0 Å². The second-order valence-corrected chi connectivity index (χ2v) is 5.70. The third kappa shape index (κ3) is 2.80. The van der Waals surface area contributed by atoms with Crippen molar-refractivity contribution < 1.29 is 9.18 Å². The van der Waals surface area contributed by atoms with E-state index in [0.717, 1.165) is 5.56 Å². The molecule has 2 rings (SSSR count). The van der Waals surface area contributed by atoms with Gasteiger partial charge in [0, 0.05) is 6.54 Å². The number of nitrogens with zero attached hydrogens (tertiary/aromatic N) is 1. The van der Waals surface area contributed by atoms with Crippen LogP contribution in [0.1, 0.15) is 19.4 Å². The maximum atomic E-state index is 13.1. The summed E-state index contributed by atoms with van der Waals surface area (Å²) in [6.45, 7) is 4.72. The van der Waals surface area contributed by atoms with Crippen LogP contribution < -0.4 is 0 Å². The first-order valence-corrected chi connectivity index (χ1v) is 6.78. The summed E-state index contributed by atoms with van der Waals surface area (Å²) < 4.78 is 13.1. The maximum Gasteiger partial charge on any atom is 0.233 e. The van der Waals surface area contributed by atoms with Gasteiger partial charge in [0.1, 0.15) is 5.82 Å². The molecule has 2 nitrogen and oxygen atoms in total. The van der Waals surface area contributed by atoms with E-state index in [4.69, 9.17) is 0 Å². The number of benzene rings is 1. The number of thioether (sulfide) groups is 1. The maximum absolute atomic E-state index is 13.1. The number of carbonyl (C=O) groups excluding carboxylic acids is 1. The summed E-state index contributed by atoms with van der Waals surface area (Å²) in [4.78, 5) is 13.6. The van der Waals surface area contributed by atoms with Gasteiger partial charge in [-0.25, -0.2) is 4.39 Å². The molecule has 1 amide bonds. The van der Waals surface area contributed by atoms with E-state index >= 15 is 0 Å². The molecule has 0 aliphatic carbocycles. The predicted molar refractivity (Wildman–Crippen MR) is 68.0 cm³/mol. The van der Waals surface area contributed by atoms with Crippen molar-refractivity contribution in [3.8, 4) is 0 Å². The van der Waals surface area contributed by atoms with Gasteiger partial charge in [-0.05, 0) is 23.6 Å². The summed E-state index contributed by atoms with van der Waals surface area (Å²) in [6.07, 6.45) is 0. The first-order chi connectivity index (χ1) is 8.08. The number of carbonyl (C=O) groups is 1. The van der Waals surface area contributed by atoms with Crippen LogP contribution in [-0.2, 0) is 11.3 Å². The van der Waals surface area contributed by atoms with Gasteiger partial charge in [-0.15, -0.1) is 11.8 Å². The van der Waals surface area contributed by atoms with Crippen LogP contribution >= 0.6 is 11.8 Å². The summed E-state index contributed by atoms with van der Waals surface area (Å²) in [5, 5.41) is 0.214. The molecule has 1 saturated heterocycles. The molecule has 92 valence electrons. The highest BCUT2D eigenvalue weighted by atomic mass is 32.2. The van der Waals surface area contributed by atoms with Crippen molar-refractivity contribution in [3.05, 3.63) is 35.6 Å². The number of halogens is 1. The molecular weight excluding hydrogens is 237 g/mol. The van der Waals surface area contributed by atoms with E-state index in [1.165, 1.54) is 12.1 Å². The van der Waals surface area contributed by atoms with Crippen LogP contribution in [0.2, 0.25) is 0 Å². The van der Waals surface area contributed by atoms with Crippen molar-refractivity contribution in [2.24, 2.45) is 5.92 Å². The lowest BCUT2D eigenvalue weighted by Gasteiger charge is -2.26. The monoisotopic (exact) mass is 253 g/mol. The number of rotatable bonds is 3. The zero-order valence-electron chi connectivity index (χ0n) is 10.0. The molecule has 1 aromatic rings. The van der Waals surface area contributed by atoms with E-state index in [1.54, 1.807) is 17.8 Å². The van der Waals surface area contributed by atoms with Crippen LogP contribution in [0.5, 0.6) is 0 Å². The SMILES string of the molecule is CC(C)C1SCC(=O)N1Cc1cccc(F)c1. The molecule has 0 spiro atoms. The molecule has 1 atom stereocenters. The van der Waals surface area contributed by atoms with Gasteiger partial charge in [0.2, 0.25) is 5.91 Å². The third-order valence-corrected chi connectivity index (χ3v) is 4.37. The van der Waals surface area contributed by atoms with Crippen molar-refractivity contribution in [2.75, 3.05) is 5.75 Å². The fourth-order valence-corrected chi connectivity index (χ4v) is 3.27. The van der Waals surface area contributed by atoms with Crippen molar-refractivity contribution in [1.82, 2.24) is 4.90 Å². The highest BCUT2D eigenvalue weighted by molar-refractivity contribution is 8.01. The topological polar surface area (TPSA) is 20.3 Å². The lowest BCUT2D eigenvalue weighted by Crippen LogP contribution is -2.35. The average molecular weight is 253 g/mol. The van der Waals surface area contributed by atoms with Gasteiger partial charge in [0.15, 0.2) is 0 Å². The molecule has 0 N–H and O–H groups in total. The smallest absolute Gasteiger partial charge is 0.233 e. The Bertz CT molecular complexity index is 422. The summed E-state index contributed by atoms with van der Waals surface area (Å²) in [5.41, 5.74) is 0.853. The van der Waals surface area contributed by atoms with E-state index < -0.39 is 0 Å². The van der Waals surface area contributed by atoms with Crippen molar-refractivity contribution in [1.29, 1.82) is 0 Å². The first-order valence-electron chi connectivity index (χ1n) is 5.73. The van der Waals surface area contributed by atoms with Crippen LogP contribution in [0, 0.1) is 11.7 Å². The number of hydrogen-bond acceptors (Lipinski definition) is 2. The standard InChI is InChI=1S/C13H16FNOS/c1-9(2)13-15(12(16)8-17-13)7-10-4-3-5-11(14)6-10/h3-6,9,13H,7-8H2,1-2H3. The molecule has 1 heterocycles. The van der Waals surface area contributed by atoms with Crippen LogP contribution in [0.15, 0.2) is 24.3 Å². The fraction of sp³-hybridized carbons (Fsp3) is 0.462. The highest BCUT2D eigenvalue weighted by Crippen LogP contribution is 2.31. The summed E-state index contributed by atoms with van der Waals surface area (Å²) in [6, 6.07) is 6.46. The molecule has 1 aliphatic rings. The molecule has 1 aromatic carbocycles. The van der Waals surface area contributed by atoms with Crippen LogP contribution in [0.25, 0.3) is 0 Å². The summed E-state index contributed by atoms with van der Waals surface area (Å²) in [5.74, 6) is 0.860. The Morgan fingerprint density at radius 2 is 2.29 bits per heavy atom. The predicted octanol–water partition coefficient (Wildman–Crippen LogP) is 2.88. The largest absolute Gasteiger partial charge is 0.325 e. The van der Waals surface area contributed by atoms with Crippen molar-refractivity contribution >= 4 is 17.7 Å². The van der Waals surface area contributed by atoms with Gasteiger partial charge >= 0.3 is 0 Å². The van der Waals surface area contributed by atoms with E-state index in [0.29, 0.717) is 18.2 Å². The zero-order valence-corrected chi connectivity index (χ0v) is 10.8. The van der Waals surface area contributed by atoms with Gasteiger partial charge in [0.05, 0.1) is 11.1 Å². The van der Waals surface area contributed by atoms with Crippen LogP contribution in [0.4, 0.5) is 4.39 Å².